The van der Waals surface area contributed by atoms with Gasteiger partial charge in [-0.2, -0.15) is 0 Å². The maximum absolute atomic E-state index is 13.7. The van der Waals surface area contributed by atoms with E-state index in [0.717, 1.165) is 0 Å². The Morgan fingerprint density at radius 2 is 2.25 bits per heavy atom. The van der Waals surface area contributed by atoms with Gasteiger partial charge >= 0.3 is 0 Å². The zero-order valence-corrected chi connectivity index (χ0v) is 9.50. The van der Waals surface area contributed by atoms with Gasteiger partial charge in [-0.3, -0.25) is 4.79 Å². The third-order valence-corrected chi connectivity index (χ3v) is 2.42. The van der Waals surface area contributed by atoms with Crippen LogP contribution in [0.1, 0.15) is 23.7 Å². The van der Waals surface area contributed by atoms with Crippen molar-refractivity contribution >= 4 is 5.78 Å². The predicted molar refractivity (Wildman–Crippen MR) is 60.1 cm³/mol. The average molecular weight is 225 g/mol. The molecule has 0 amide bonds. The molecule has 0 aliphatic heterocycles. The summed E-state index contributed by atoms with van der Waals surface area (Å²) in [7, 11) is 1.37. The first-order chi connectivity index (χ1) is 7.60. The molecule has 0 heterocycles. The molecule has 0 spiro atoms. The molecule has 0 saturated carbocycles. The van der Waals surface area contributed by atoms with Crippen LogP contribution in [0.25, 0.3) is 0 Å². The summed E-state index contributed by atoms with van der Waals surface area (Å²) in [6, 6.07) is 4.55. The van der Waals surface area contributed by atoms with Gasteiger partial charge in [-0.1, -0.05) is 13.0 Å². The molecule has 1 aromatic rings. The van der Waals surface area contributed by atoms with Crippen LogP contribution in [0.4, 0.5) is 4.39 Å². The molecular weight excluding hydrogens is 209 g/mol. The molecule has 0 fully saturated rings. The summed E-state index contributed by atoms with van der Waals surface area (Å²) in [6.45, 7) is 2.27. The van der Waals surface area contributed by atoms with Crippen molar-refractivity contribution in [2.75, 3.05) is 13.7 Å². The van der Waals surface area contributed by atoms with Crippen LogP contribution < -0.4 is 10.5 Å². The van der Waals surface area contributed by atoms with E-state index in [-0.39, 0.29) is 29.4 Å². The van der Waals surface area contributed by atoms with Crippen LogP contribution >= 0.6 is 0 Å². The number of ether oxygens (including phenoxy) is 1. The molecule has 2 N–H and O–H groups in total. The summed E-state index contributed by atoms with van der Waals surface area (Å²) >= 11 is 0. The minimum Gasteiger partial charge on any atom is -0.494 e. The zero-order valence-electron chi connectivity index (χ0n) is 9.50. The third kappa shape index (κ3) is 2.79. The van der Waals surface area contributed by atoms with Gasteiger partial charge in [0.1, 0.15) is 0 Å². The fourth-order valence-corrected chi connectivity index (χ4v) is 1.39. The number of benzene rings is 1. The van der Waals surface area contributed by atoms with Crippen molar-refractivity contribution in [2.45, 2.75) is 13.3 Å². The van der Waals surface area contributed by atoms with E-state index in [1.807, 2.05) is 6.92 Å². The van der Waals surface area contributed by atoms with Crippen molar-refractivity contribution in [2.24, 2.45) is 11.7 Å². The Morgan fingerprint density at radius 1 is 1.56 bits per heavy atom. The molecule has 1 unspecified atom stereocenters. The topological polar surface area (TPSA) is 52.3 Å². The molecule has 16 heavy (non-hydrogen) atoms. The van der Waals surface area contributed by atoms with Crippen molar-refractivity contribution in [3.8, 4) is 5.75 Å². The Hall–Kier alpha value is -1.42. The van der Waals surface area contributed by atoms with Gasteiger partial charge < -0.3 is 10.5 Å². The highest BCUT2D eigenvalue weighted by Crippen LogP contribution is 2.21. The Balaban J connectivity index is 2.91. The second-order valence-electron chi connectivity index (χ2n) is 3.79. The number of ketones is 1. The van der Waals surface area contributed by atoms with Gasteiger partial charge in [0.05, 0.1) is 12.7 Å². The van der Waals surface area contributed by atoms with Crippen LogP contribution in [0.5, 0.6) is 5.75 Å². The highest BCUT2D eigenvalue weighted by molar-refractivity contribution is 5.96. The van der Waals surface area contributed by atoms with Gasteiger partial charge in [0, 0.05) is 6.42 Å². The summed E-state index contributed by atoms with van der Waals surface area (Å²) in [5.74, 6) is -0.696. The van der Waals surface area contributed by atoms with Gasteiger partial charge in [0.2, 0.25) is 0 Å². The van der Waals surface area contributed by atoms with E-state index in [9.17, 15) is 9.18 Å². The van der Waals surface area contributed by atoms with Crippen LogP contribution in [-0.4, -0.2) is 19.4 Å². The van der Waals surface area contributed by atoms with Gasteiger partial charge in [0.15, 0.2) is 17.3 Å². The number of methoxy groups -OCH3 is 1. The Kier molecular flexibility index (Phi) is 4.43. The van der Waals surface area contributed by atoms with Gasteiger partial charge in [-0.15, -0.1) is 0 Å². The van der Waals surface area contributed by atoms with Gasteiger partial charge in [-0.05, 0) is 24.6 Å². The van der Waals surface area contributed by atoms with E-state index in [2.05, 4.69) is 0 Å². The summed E-state index contributed by atoms with van der Waals surface area (Å²) in [5.41, 5.74) is 5.49. The lowest BCUT2D eigenvalue weighted by molar-refractivity contribution is 0.0961. The average Bonchev–Trinajstić information content (AvgIpc) is 2.29. The lowest BCUT2D eigenvalue weighted by atomic mass is 9.99. The number of hydrogen-bond acceptors (Lipinski definition) is 3. The monoisotopic (exact) mass is 225 g/mol. The molecule has 0 aromatic heterocycles. The number of rotatable bonds is 5. The maximum Gasteiger partial charge on any atom is 0.175 e. The van der Waals surface area contributed by atoms with Crippen molar-refractivity contribution in [3.05, 3.63) is 29.6 Å². The molecule has 88 valence electrons. The van der Waals surface area contributed by atoms with E-state index < -0.39 is 5.82 Å². The molecule has 0 aliphatic rings. The molecule has 1 rings (SSSR count). The fraction of sp³-hybridized carbons (Fsp3) is 0.417. The smallest absolute Gasteiger partial charge is 0.175 e. The molecule has 0 saturated heterocycles. The second kappa shape index (κ2) is 5.61. The standard InChI is InChI=1S/C12H16FNO2/c1-8(7-14)6-10(15)9-4-3-5-11(16-2)12(9)13/h3-5,8H,6-7,14H2,1-2H3. The zero-order chi connectivity index (χ0) is 12.1. The number of hydrogen-bond donors (Lipinski definition) is 1. The second-order valence-corrected chi connectivity index (χ2v) is 3.79. The van der Waals surface area contributed by atoms with Crippen LogP contribution in [0.3, 0.4) is 0 Å². The highest BCUT2D eigenvalue weighted by Gasteiger charge is 2.17. The largest absolute Gasteiger partial charge is 0.494 e. The SMILES string of the molecule is COc1cccc(C(=O)CC(C)CN)c1F. The molecule has 1 atom stereocenters. The number of carbonyl (C=O) groups is 1. The summed E-state index contributed by atoms with van der Waals surface area (Å²) in [4.78, 5) is 11.8. The lowest BCUT2D eigenvalue weighted by Crippen LogP contribution is -2.16. The molecule has 4 heteroatoms. The van der Waals surface area contributed by atoms with Crippen LogP contribution in [0.2, 0.25) is 0 Å². The molecule has 0 bridgehead atoms. The molecule has 3 nitrogen and oxygen atoms in total. The normalized spacial score (nSPS) is 12.2. The predicted octanol–water partition coefficient (Wildman–Crippen LogP) is 2.00. The van der Waals surface area contributed by atoms with Gasteiger partial charge in [0.25, 0.3) is 0 Å². The van der Waals surface area contributed by atoms with Crippen molar-refractivity contribution in [1.82, 2.24) is 0 Å². The third-order valence-electron chi connectivity index (χ3n) is 2.42. The molecular formula is C12H16FNO2. The lowest BCUT2D eigenvalue weighted by Gasteiger charge is -2.09. The van der Waals surface area contributed by atoms with E-state index in [4.69, 9.17) is 10.5 Å². The number of halogens is 1. The first kappa shape index (κ1) is 12.6. The summed E-state index contributed by atoms with van der Waals surface area (Å²) < 4.78 is 18.5. The highest BCUT2D eigenvalue weighted by atomic mass is 19.1. The van der Waals surface area contributed by atoms with E-state index in [1.54, 1.807) is 6.07 Å². The first-order valence-corrected chi connectivity index (χ1v) is 5.16. The Morgan fingerprint density at radius 3 is 2.81 bits per heavy atom. The van der Waals surface area contributed by atoms with Crippen LogP contribution in [0, 0.1) is 11.7 Å². The quantitative estimate of drug-likeness (QED) is 0.780. The number of nitrogens with two attached hydrogens (primary N) is 1. The molecule has 0 radical (unpaired) electrons. The van der Waals surface area contributed by atoms with Crippen molar-refractivity contribution in [3.63, 3.8) is 0 Å². The van der Waals surface area contributed by atoms with Gasteiger partial charge in [-0.25, -0.2) is 4.39 Å². The minimum absolute atomic E-state index is 0.0538. The van der Waals surface area contributed by atoms with Crippen molar-refractivity contribution in [1.29, 1.82) is 0 Å². The summed E-state index contributed by atoms with van der Waals surface area (Å²) in [6.07, 6.45) is 0.251. The fourth-order valence-electron chi connectivity index (χ4n) is 1.39. The minimum atomic E-state index is -0.598. The van der Waals surface area contributed by atoms with E-state index in [1.165, 1.54) is 19.2 Å². The summed E-state index contributed by atoms with van der Waals surface area (Å²) in [5, 5.41) is 0. The Labute approximate surface area is 94.4 Å². The maximum atomic E-state index is 13.7. The van der Waals surface area contributed by atoms with Crippen LogP contribution in [-0.2, 0) is 0 Å². The number of carbonyl (C=O) groups excluding carboxylic acids is 1. The molecule has 1 aromatic carbocycles. The number of Topliss-reactive ketones (excluding diaryl/α,β-unsaturated/α-hetero) is 1. The van der Waals surface area contributed by atoms with E-state index in [0.29, 0.717) is 6.54 Å². The Bertz CT molecular complexity index is 379. The first-order valence-electron chi connectivity index (χ1n) is 5.16. The molecule has 0 aliphatic carbocycles. The van der Waals surface area contributed by atoms with Crippen LogP contribution in [0.15, 0.2) is 18.2 Å². The van der Waals surface area contributed by atoms with Crippen molar-refractivity contribution < 1.29 is 13.9 Å². The van der Waals surface area contributed by atoms with E-state index >= 15 is 0 Å².